The van der Waals surface area contributed by atoms with Crippen LogP contribution < -0.4 is 15.8 Å². The summed E-state index contributed by atoms with van der Waals surface area (Å²) < 4.78 is 30.1. The second-order valence-corrected chi connectivity index (χ2v) is 6.52. The first-order valence-electron chi connectivity index (χ1n) is 6.36. The highest BCUT2D eigenvalue weighted by atomic mass is 32.2. The molecule has 0 bridgehead atoms. The van der Waals surface area contributed by atoms with E-state index in [9.17, 15) is 13.2 Å². The number of hydrogen-bond acceptors (Lipinski definition) is 5. The van der Waals surface area contributed by atoms with Gasteiger partial charge < -0.3 is 15.8 Å². The molecule has 0 aliphatic heterocycles. The largest absolute Gasteiger partial charge is 0.380 e. The first-order valence-corrected chi connectivity index (χ1v) is 8.25. The van der Waals surface area contributed by atoms with Crippen LogP contribution in [0.25, 0.3) is 0 Å². The van der Waals surface area contributed by atoms with Crippen LogP contribution in [0.3, 0.4) is 0 Å². The van der Waals surface area contributed by atoms with Gasteiger partial charge in [0.2, 0.25) is 15.9 Å². The molecule has 1 unspecified atom stereocenters. The number of aryl methyl sites for hydroxylation is 1. The molecule has 7 nitrogen and oxygen atoms in total. The van der Waals surface area contributed by atoms with E-state index >= 15 is 0 Å². The smallest absolute Gasteiger partial charge is 0.229 e. The lowest BCUT2D eigenvalue weighted by atomic mass is 10.2. The highest BCUT2D eigenvalue weighted by Gasteiger charge is 2.14. The van der Waals surface area contributed by atoms with Crippen LogP contribution in [-0.2, 0) is 19.6 Å². The molecule has 0 saturated heterocycles. The third-order valence-electron chi connectivity index (χ3n) is 2.75. The number of anilines is 2. The third kappa shape index (κ3) is 6.11. The van der Waals surface area contributed by atoms with E-state index in [1.807, 2.05) is 6.92 Å². The van der Waals surface area contributed by atoms with Crippen molar-refractivity contribution in [3.05, 3.63) is 23.8 Å². The van der Waals surface area contributed by atoms with Crippen molar-refractivity contribution < 1.29 is 17.9 Å². The Morgan fingerprint density at radius 1 is 1.38 bits per heavy atom. The Morgan fingerprint density at radius 3 is 2.57 bits per heavy atom. The van der Waals surface area contributed by atoms with E-state index in [4.69, 9.17) is 10.5 Å². The molecule has 0 aromatic heterocycles. The molecule has 1 aromatic carbocycles. The topological polar surface area (TPSA) is 111 Å². The first kappa shape index (κ1) is 17.4. The molecular weight excluding hydrogens is 294 g/mol. The molecule has 0 aliphatic carbocycles. The quantitative estimate of drug-likeness (QED) is 0.685. The fraction of sp³-hybridized carbons (Fsp3) is 0.462. The Balaban J connectivity index is 2.91. The fourth-order valence-corrected chi connectivity index (χ4v) is 2.30. The molecule has 1 atom stereocenters. The maximum Gasteiger partial charge on any atom is 0.229 e. The number of benzene rings is 1. The Bertz CT molecular complexity index is 597. The Morgan fingerprint density at radius 2 is 2.05 bits per heavy atom. The van der Waals surface area contributed by atoms with Gasteiger partial charge in [0, 0.05) is 13.7 Å². The summed E-state index contributed by atoms with van der Waals surface area (Å²) in [6.07, 6.45) is 0.772. The normalized spacial score (nSPS) is 12.8. The van der Waals surface area contributed by atoms with Crippen LogP contribution >= 0.6 is 0 Å². The van der Waals surface area contributed by atoms with Gasteiger partial charge in [0.1, 0.15) is 0 Å². The van der Waals surface area contributed by atoms with E-state index in [0.717, 1.165) is 11.8 Å². The van der Waals surface area contributed by atoms with Gasteiger partial charge in [-0.25, -0.2) is 8.42 Å². The van der Waals surface area contributed by atoms with E-state index in [2.05, 4.69) is 10.0 Å². The summed E-state index contributed by atoms with van der Waals surface area (Å²) in [7, 11) is -1.95. The van der Waals surface area contributed by atoms with E-state index in [1.54, 1.807) is 18.2 Å². The Labute approximate surface area is 124 Å². The third-order valence-corrected chi connectivity index (χ3v) is 3.34. The monoisotopic (exact) mass is 315 g/mol. The van der Waals surface area contributed by atoms with E-state index in [0.29, 0.717) is 11.4 Å². The zero-order valence-corrected chi connectivity index (χ0v) is 13.2. The summed E-state index contributed by atoms with van der Waals surface area (Å²) in [6.45, 7) is 2.07. The molecule has 0 heterocycles. The van der Waals surface area contributed by atoms with Gasteiger partial charge in [-0.05, 0) is 24.6 Å². The summed E-state index contributed by atoms with van der Waals surface area (Å²) in [4.78, 5) is 11.9. The molecule has 8 heteroatoms. The van der Waals surface area contributed by atoms with Crippen molar-refractivity contribution in [3.8, 4) is 0 Å². The minimum atomic E-state index is -3.43. The number of nitrogens with two attached hydrogens (primary N) is 1. The number of carbonyl (C=O) groups excluding carboxylic acids is 1. The number of nitrogens with one attached hydrogen (secondary N) is 2. The van der Waals surface area contributed by atoms with Gasteiger partial charge in [0.05, 0.1) is 30.2 Å². The van der Waals surface area contributed by atoms with Gasteiger partial charge in [-0.2, -0.15) is 0 Å². The molecular formula is C13H21N3O4S. The average Bonchev–Trinajstić information content (AvgIpc) is 2.37. The summed E-state index contributed by atoms with van der Waals surface area (Å²) >= 11 is 0. The number of rotatable bonds is 7. The highest BCUT2D eigenvalue weighted by molar-refractivity contribution is 7.92. The molecule has 0 fully saturated rings. The predicted molar refractivity (Wildman–Crippen MR) is 82.7 cm³/mol. The predicted octanol–water partition coefficient (Wildman–Crippen LogP) is 0.669. The van der Waals surface area contributed by atoms with Gasteiger partial charge in [-0.1, -0.05) is 6.07 Å². The van der Waals surface area contributed by atoms with Crippen LogP contribution in [0.2, 0.25) is 0 Å². The molecule has 21 heavy (non-hydrogen) atoms. The van der Waals surface area contributed by atoms with Crippen molar-refractivity contribution in [3.63, 3.8) is 0 Å². The van der Waals surface area contributed by atoms with Crippen molar-refractivity contribution in [2.45, 2.75) is 19.4 Å². The number of ether oxygens (including phenoxy) is 1. The average molecular weight is 315 g/mol. The van der Waals surface area contributed by atoms with Crippen molar-refractivity contribution in [1.82, 2.24) is 0 Å². The first-order chi connectivity index (χ1) is 9.75. The molecule has 0 aliphatic rings. The molecule has 4 N–H and O–H groups in total. The summed E-state index contributed by atoms with van der Waals surface area (Å²) in [6, 6.07) is 5.04. The van der Waals surface area contributed by atoms with Crippen LogP contribution in [0, 0.1) is 6.92 Å². The Hall–Kier alpha value is -1.64. The van der Waals surface area contributed by atoms with E-state index < -0.39 is 10.0 Å². The van der Waals surface area contributed by atoms with Gasteiger partial charge in [0.25, 0.3) is 0 Å². The van der Waals surface area contributed by atoms with Crippen molar-refractivity contribution >= 4 is 27.3 Å². The summed E-state index contributed by atoms with van der Waals surface area (Å²) in [5.74, 6) is -0.297. The summed E-state index contributed by atoms with van der Waals surface area (Å²) in [5, 5.41) is 2.67. The minimum Gasteiger partial charge on any atom is -0.380 e. The lowest BCUT2D eigenvalue weighted by Gasteiger charge is -2.15. The molecule has 1 aromatic rings. The number of hydrogen-bond donors (Lipinski definition) is 3. The van der Waals surface area contributed by atoms with Crippen LogP contribution in [0.4, 0.5) is 11.4 Å². The lowest BCUT2D eigenvalue weighted by molar-refractivity contribution is -0.118. The van der Waals surface area contributed by atoms with Gasteiger partial charge in [-0.15, -0.1) is 0 Å². The number of methoxy groups -OCH3 is 1. The van der Waals surface area contributed by atoms with E-state index in [1.165, 1.54) is 7.11 Å². The fourth-order valence-electron chi connectivity index (χ4n) is 1.72. The molecule has 118 valence electrons. The lowest BCUT2D eigenvalue weighted by Crippen LogP contribution is -2.28. The van der Waals surface area contributed by atoms with Gasteiger partial charge in [-0.3, -0.25) is 9.52 Å². The van der Waals surface area contributed by atoms with Gasteiger partial charge >= 0.3 is 0 Å². The summed E-state index contributed by atoms with van der Waals surface area (Å²) in [5.41, 5.74) is 7.08. The molecule has 0 spiro atoms. The molecule has 1 rings (SSSR count). The highest BCUT2D eigenvalue weighted by Crippen LogP contribution is 2.24. The SMILES string of the molecule is COC(CN)CC(=O)Nc1cc(C)ccc1NS(C)(=O)=O. The van der Waals surface area contributed by atoms with Crippen LogP contribution in [0.1, 0.15) is 12.0 Å². The minimum absolute atomic E-state index is 0.0965. The molecule has 0 radical (unpaired) electrons. The van der Waals surface area contributed by atoms with Crippen molar-refractivity contribution in [1.29, 1.82) is 0 Å². The standard InChI is InChI=1S/C13H21N3O4S/c1-9-4-5-11(16-21(3,18)19)12(6-9)15-13(17)7-10(8-14)20-2/h4-6,10,16H,7-8,14H2,1-3H3,(H,15,17). The van der Waals surface area contributed by atoms with Crippen LogP contribution in [-0.4, -0.2) is 40.3 Å². The number of carbonyl (C=O) groups is 1. The van der Waals surface area contributed by atoms with E-state index in [-0.39, 0.29) is 25.0 Å². The molecule has 0 saturated carbocycles. The zero-order chi connectivity index (χ0) is 16.0. The zero-order valence-electron chi connectivity index (χ0n) is 12.3. The maximum absolute atomic E-state index is 11.9. The second-order valence-electron chi connectivity index (χ2n) is 4.77. The Kier molecular flexibility index (Phi) is 6.13. The second kappa shape index (κ2) is 7.39. The van der Waals surface area contributed by atoms with Crippen LogP contribution in [0.15, 0.2) is 18.2 Å². The number of sulfonamides is 1. The van der Waals surface area contributed by atoms with Gasteiger partial charge in [0.15, 0.2) is 0 Å². The molecule has 1 amide bonds. The van der Waals surface area contributed by atoms with Crippen LogP contribution in [0.5, 0.6) is 0 Å². The van der Waals surface area contributed by atoms with Crippen molar-refractivity contribution in [2.24, 2.45) is 5.73 Å². The number of amides is 1. The van der Waals surface area contributed by atoms with Crippen molar-refractivity contribution in [2.75, 3.05) is 29.9 Å². The maximum atomic E-state index is 11.9.